The van der Waals surface area contributed by atoms with Crippen molar-refractivity contribution in [1.29, 1.82) is 0 Å². The SMILES string of the molecule is CCn1nc(-c2cccs2)c(C(=O)OCOC(C)=O)c(Nc2cccnc2)c1=O. The molecule has 3 rings (SSSR count). The number of nitrogens with zero attached hydrogens (tertiary/aromatic N) is 3. The quantitative estimate of drug-likeness (QED) is 0.464. The molecule has 0 aliphatic heterocycles. The second-order valence-corrected chi connectivity index (χ2v) is 6.70. The first-order valence-corrected chi connectivity index (χ1v) is 9.55. The lowest BCUT2D eigenvalue weighted by atomic mass is 10.1. The van der Waals surface area contributed by atoms with Crippen LogP contribution in [-0.4, -0.2) is 33.5 Å². The van der Waals surface area contributed by atoms with Gasteiger partial charge in [0.1, 0.15) is 16.9 Å². The molecule has 0 saturated heterocycles. The first-order chi connectivity index (χ1) is 14.0. The van der Waals surface area contributed by atoms with Crippen LogP contribution in [0.1, 0.15) is 24.2 Å². The van der Waals surface area contributed by atoms with E-state index in [9.17, 15) is 14.4 Å². The molecule has 0 aromatic carbocycles. The van der Waals surface area contributed by atoms with E-state index in [1.165, 1.54) is 29.1 Å². The maximum absolute atomic E-state index is 13.0. The Morgan fingerprint density at radius 3 is 2.69 bits per heavy atom. The zero-order valence-electron chi connectivity index (χ0n) is 15.7. The Balaban J connectivity index is 2.15. The summed E-state index contributed by atoms with van der Waals surface area (Å²) >= 11 is 1.37. The molecule has 9 nitrogen and oxygen atoms in total. The number of pyridine rings is 1. The molecule has 0 fully saturated rings. The molecule has 0 aliphatic rings. The van der Waals surface area contributed by atoms with Crippen LogP contribution in [0.5, 0.6) is 0 Å². The molecule has 0 unspecified atom stereocenters. The molecule has 1 N–H and O–H groups in total. The smallest absolute Gasteiger partial charge is 0.345 e. The third-order valence-electron chi connectivity index (χ3n) is 3.80. The largest absolute Gasteiger partial charge is 0.428 e. The van der Waals surface area contributed by atoms with Gasteiger partial charge in [0.2, 0.25) is 6.79 Å². The summed E-state index contributed by atoms with van der Waals surface area (Å²) in [6.07, 6.45) is 3.11. The molecule has 0 radical (unpaired) electrons. The molecule has 0 aliphatic carbocycles. The molecule has 3 aromatic rings. The van der Waals surface area contributed by atoms with E-state index in [0.29, 0.717) is 22.8 Å². The predicted octanol–water partition coefficient (Wildman–Crippen LogP) is 2.81. The van der Waals surface area contributed by atoms with E-state index < -0.39 is 24.3 Å². The predicted molar refractivity (Wildman–Crippen MR) is 107 cm³/mol. The summed E-state index contributed by atoms with van der Waals surface area (Å²) in [5.74, 6) is -1.43. The molecule has 0 bridgehead atoms. The second-order valence-electron chi connectivity index (χ2n) is 5.75. The van der Waals surface area contributed by atoms with E-state index in [2.05, 4.69) is 20.1 Å². The molecule has 0 amide bonds. The van der Waals surface area contributed by atoms with E-state index in [-0.39, 0.29) is 11.3 Å². The van der Waals surface area contributed by atoms with E-state index in [1.807, 2.05) is 11.4 Å². The van der Waals surface area contributed by atoms with E-state index in [1.54, 1.807) is 31.3 Å². The van der Waals surface area contributed by atoms with E-state index in [0.717, 1.165) is 0 Å². The van der Waals surface area contributed by atoms with Crippen molar-refractivity contribution >= 4 is 34.7 Å². The van der Waals surface area contributed by atoms with Crippen LogP contribution >= 0.6 is 11.3 Å². The minimum absolute atomic E-state index is 0.00563. The Morgan fingerprint density at radius 2 is 2.07 bits per heavy atom. The van der Waals surface area contributed by atoms with Crippen LogP contribution in [0.15, 0.2) is 46.8 Å². The molecule has 0 atom stereocenters. The summed E-state index contributed by atoms with van der Waals surface area (Å²) in [5, 5.41) is 9.14. The van der Waals surface area contributed by atoms with Crippen molar-refractivity contribution in [2.75, 3.05) is 12.1 Å². The van der Waals surface area contributed by atoms with Crippen LogP contribution in [0.4, 0.5) is 11.4 Å². The lowest BCUT2D eigenvalue weighted by molar-refractivity contribution is -0.149. The number of aromatic nitrogens is 3. The van der Waals surface area contributed by atoms with Gasteiger partial charge in [-0.1, -0.05) is 6.07 Å². The lowest BCUT2D eigenvalue weighted by Crippen LogP contribution is -2.29. The first kappa shape index (κ1) is 20.2. The van der Waals surface area contributed by atoms with Crippen molar-refractivity contribution in [2.24, 2.45) is 0 Å². The molecule has 150 valence electrons. The number of nitrogens with one attached hydrogen (secondary N) is 1. The van der Waals surface area contributed by atoms with Crippen LogP contribution in [-0.2, 0) is 20.8 Å². The van der Waals surface area contributed by atoms with Crippen molar-refractivity contribution in [2.45, 2.75) is 20.4 Å². The van der Waals surface area contributed by atoms with Gasteiger partial charge in [-0.15, -0.1) is 11.3 Å². The van der Waals surface area contributed by atoms with Gasteiger partial charge < -0.3 is 14.8 Å². The van der Waals surface area contributed by atoms with Gasteiger partial charge in [0.05, 0.1) is 16.8 Å². The Labute approximate surface area is 169 Å². The number of esters is 2. The van der Waals surface area contributed by atoms with Crippen molar-refractivity contribution < 1.29 is 19.1 Å². The number of hydrogen-bond acceptors (Lipinski definition) is 9. The van der Waals surface area contributed by atoms with E-state index in [4.69, 9.17) is 4.74 Å². The number of rotatable bonds is 7. The van der Waals surface area contributed by atoms with Crippen LogP contribution in [0.2, 0.25) is 0 Å². The number of carbonyl (C=O) groups excluding carboxylic acids is 2. The standard InChI is InChI=1S/C19H18N4O5S/c1-3-23-18(25)17(21-13-6-4-8-20-10-13)15(19(26)28-11-27-12(2)24)16(22-23)14-7-5-9-29-14/h4-10,21H,3,11H2,1-2H3. The number of aryl methyl sites for hydroxylation is 1. The monoisotopic (exact) mass is 414 g/mol. The highest BCUT2D eigenvalue weighted by atomic mass is 32.1. The van der Waals surface area contributed by atoms with Crippen LogP contribution in [0.3, 0.4) is 0 Å². The Morgan fingerprint density at radius 1 is 1.24 bits per heavy atom. The molecule has 0 saturated carbocycles. The van der Waals surface area contributed by atoms with Crippen molar-refractivity contribution in [3.05, 3.63) is 58.0 Å². The van der Waals surface area contributed by atoms with E-state index >= 15 is 0 Å². The van der Waals surface area contributed by atoms with Gasteiger partial charge in [-0.05, 0) is 30.5 Å². The minimum atomic E-state index is -0.839. The maximum atomic E-state index is 13.0. The molecular formula is C19H18N4O5S. The summed E-state index contributed by atoms with van der Waals surface area (Å²) in [6, 6.07) is 7.00. The highest BCUT2D eigenvalue weighted by Gasteiger charge is 2.26. The summed E-state index contributed by atoms with van der Waals surface area (Å²) < 4.78 is 11.0. The van der Waals surface area contributed by atoms with Crippen LogP contribution in [0, 0.1) is 0 Å². The minimum Gasteiger partial charge on any atom is -0.428 e. The average molecular weight is 414 g/mol. The van der Waals surface area contributed by atoms with Gasteiger partial charge in [-0.2, -0.15) is 5.10 Å². The molecule has 10 heteroatoms. The number of ether oxygens (including phenoxy) is 2. The van der Waals surface area contributed by atoms with Gasteiger partial charge in [0.15, 0.2) is 0 Å². The number of anilines is 2. The Hall–Kier alpha value is -3.53. The number of hydrogen-bond donors (Lipinski definition) is 1. The summed E-state index contributed by atoms with van der Waals surface area (Å²) in [6.45, 7) is 2.71. The zero-order chi connectivity index (χ0) is 20.8. The topological polar surface area (TPSA) is 112 Å². The number of carbonyl (C=O) groups is 2. The van der Waals surface area contributed by atoms with Gasteiger partial charge in [0.25, 0.3) is 5.56 Å². The zero-order valence-corrected chi connectivity index (χ0v) is 16.6. The van der Waals surface area contributed by atoms with Crippen molar-refractivity contribution in [1.82, 2.24) is 14.8 Å². The van der Waals surface area contributed by atoms with Gasteiger partial charge in [-0.25, -0.2) is 9.48 Å². The summed E-state index contributed by atoms with van der Waals surface area (Å²) in [4.78, 5) is 41.5. The Kier molecular flexibility index (Phi) is 6.35. The Bertz CT molecular complexity index is 1060. The second kappa shape index (κ2) is 9.11. The first-order valence-electron chi connectivity index (χ1n) is 8.67. The van der Waals surface area contributed by atoms with Crippen molar-refractivity contribution in [3.8, 4) is 10.6 Å². The highest BCUT2D eigenvalue weighted by molar-refractivity contribution is 7.13. The molecule has 3 heterocycles. The summed E-state index contributed by atoms with van der Waals surface area (Å²) in [5.41, 5.74) is 0.283. The third-order valence-corrected chi connectivity index (χ3v) is 4.67. The molecule has 29 heavy (non-hydrogen) atoms. The molecular weight excluding hydrogens is 396 g/mol. The third kappa shape index (κ3) is 4.66. The van der Waals surface area contributed by atoms with Crippen molar-refractivity contribution in [3.63, 3.8) is 0 Å². The van der Waals surface area contributed by atoms with Gasteiger partial charge in [-0.3, -0.25) is 14.6 Å². The molecule has 0 spiro atoms. The average Bonchev–Trinajstić information content (AvgIpc) is 3.24. The van der Waals surface area contributed by atoms with Crippen LogP contribution < -0.4 is 10.9 Å². The number of thiophene rings is 1. The van der Waals surface area contributed by atoms with Crippen LogP contribution in [0.25, 0.3) is 10.6 Å². The fourth-order valence-corrected chi connectivity index (χ4v) is 3.22. The normalized spacial score (nSPS) is 10.4. The lowest BCUT2D eigenvalue weighted by Gasteiger charge is -2.16. The fraction of sp³-hybridized carbons (Fsp3) is 0.211. The molecule has 3 aromatic heterocycles. The maximum Gasteiger partial charge on any atom is 0.345 e. The highest BCUT2D eigenvalue weighted by Crippen LogP contribution is 2.30. The summed E-state index contributed by atoms with van der Waals surface area (Å²) in [7, 11) is 0. The fourth-order valence-electron chi connectivity index (χ4n) is 2.50. The van der Waals surface area contributed by atoms with Gasteiger partial charge in [0, 0.05) is 19.7 Å². The van der Waals surface area contributed by atoms with Gasteiger partial charge >= 0.3 is 11.9 Å².